The average molecular weight is 453 g/mol. The van der Waals surface area contributed by atoms with Gasteiger partial charge in [0.05, 0.1) is 29.5 Å². The molecule has 1 N–H and O–H groups in total. The van der Waals surface area contributed by atoms with Gasteiger partial charge in [-0.2, -0.15) is 13.2 Å². The van der Waals surface area contributed by atoms with Gasteiger partial charge in [0.1, 0.15) is 5.75 Å². The lowest BCUT2D eigenvalue weighted by Gasteiger charge is -2.24. The standard InChI is InChI=1S/C21H18F3NO5S/c1-2-29-14-6-3-12(4-7-14)16(26)11-30-19(27)10-18-20(28)25-15-9-13(21(22,23)24)5-8-17(15)31-18/h3-9,18H,2,10-11H2,1H3,(H,25,28). The maximum Gasteiger partial charge on any atom is 0.416 e. The van der Waals surface area contributed by atoms with Gasteiger partial charge >= 0.3 is 12.1 Å². The van der Waals surface area contributed by atoms with Crippen molar-refractivity contribution >= 4 is 35.1 Å². The zero-order valence-corrected chi connectivity index (χ0v) is 17.1. The normalized spacial score (nSPS) is 15.6. The highest BCUT2D eigenvalue weighted by molar-refractivity contribution is 8.01. The summed E-state index contributed by atoms with van der Waals surface area (Å²) >= 11 is 0.971. The van der Waals surface area contributed by atoms with E-state index in [1.54, 1.807) is 24.3 Å². The second kappa shape index (κ2) is 9.42. The molecule has 31 heavy (non-hydrogen) atoms. The molecule has 1 unspecified atom stereocenters. The van der Waals surface area contributed by atoms with E-state index in [0.29, 0.717) is 22.8 Å². The first kappa shape index (κ1) is 22.7. The number of Topliss-reactive ketones (excluding diaryl/α,β-unsaturated/α-hetero) is 1. The van der Waals surface area contributed by atoms with E-state index in [9.17, 15) is 27.6 Å². The smallest absolute Gasteiger partial charge is 0.416 e. The number of thioether (sulfide) groups is 1. The molecule has 0 bridgehead atoms. The monoisotopic (exact) mass is 453 g/mol. The molecule has 0 radical (unpaired) electrons. The van der Waals surface area contributed by atoms with Crippen molar-refractivity contribution in [3.05, 3.63) is 53.6 Å². The maximum absolute atomic E-state index is 12.8. The van der Waals surface area contributed by atoms with E-state index >= 15 is 0 Å². The van der Waals surface area contributed by atoms with Crippen LogP contribution in [0.1, 0.15) is 29.3 Å². The van der Waals surface area contributed by atoms with Crippen molar-refractivity contribution in [2.75, 3.05) is 18.5 Å². The number of fused-ring (bicyclic) bond motifs is 1. The Morgan fingerprint density at radius 3 is 2.48 bits per heavy atom. The van der Waals surface area contributed by atoms with Crippen LogP contribution in [0.5, 0.6) is 5.75 Å². The van der Waals surface area contributed by atoms with Crippen LogP contribution in [0.25, 0.3) is 0 Å². The van der Waals surface area contributed by atoms with Crippen LogP contribution < -0.4 is 10.1 Å². The number of ether oxygens (including phenoxy) is 2. The third kappa shape index (κ3) is 5.78. The molecule has 1 atom stereocenters. The molecule has 0 aliphatic carbocycles. The SMILES string of the molecule is CCOc1ccc(C(=O)COC(=O)CC2Sc3ccc(C(F)(F)F)cc3NC2=O)cc1. The third-order valence-corrected chi connectivity index (χ3v) is 5.61. The molecule has 0 spiro atoms. The molecule has 3 rings (SSSR count). The number of amides is 1. The summed E-state index contributed by atoms with van der Waals surface area (Å²) < 4.78 is 48.7. The van der Waals surface area contributed by atoms with Crippen LogP contribution in [0.2, 0.25) is 0 Å². The topological polar surface area (TPSA) is 81.7 Å². The van der Waals surface area contributed by atoms with Gasteiger partial charge < -0.3 is 14.8 Å². The lowest BCUT2D eigenvalue weighted by atomic mass is 10.1. The summed E-state index contributed by atoms with van der Waals surface area (Å²) in [7, 11) is 0. The number of esters is 1. The van der Waals surface area contributed by atoms with Gasteiger partial charge in [-0.3, -0.25) is 14.4 Å². The van der Waals surface area contributed by atoms with Crippen LogP contribution in [0.3, 0.4) is 0 Å². The zero-order valence-electron chi connectivity index (χ0n) is 16.3. The number of carbonyl (C=O) groups is 3. The first-order valence-electron chi connectivity index (χ1n) is 9.28. The Labute approximate surface area is 180 Å². The minimum Gasteiger partial charge on any atom is -0.494 e. The van der Waals surface area contributed by atoms with Crippen molar-refractivity contribution in [2.45, 2.75) is 29.7 Å². The van der Waals surface area contributed by atoms with E-state index < -0.39 is 41.3 Å². The fraction of sp³-hybridized carbons (Fsp3) is 0.286. The second-order valence-corrected chi connectivity index (χ2v) is 7.79. The van der Waals surface area contributed by atoms with Crippen molar-refractivity contribution in [3.63, 3.8) is 0 Å². The second-order valence-electron chi connectivity index (χ2n) is 6.55. The lowest BCUT2D eigenvalue weighted by Crippen LogP contribution is -2.32. The Kier molecular flexibility index (Phi) is 6.89. The van der Waals surface area contributed by atoms with Crippen molar-refractivity contribution < 1.29 is 37.0 Å². The largest absolute Gasteiger partial charge is 0.494 e. The molecular formula is C21H18F3NO5S. The molecule has 10 heteroatoms. The number of anilines is 1. The fourth-order valence-electron chi connectivity index (χ4n) is 2.80. The highest BCUT2D eigenvalue weighted by Crippen LogP contribution is 2.40. The first-order chi connectivity index (χ1) is 14.7. The number of carbonyl (C=O) groups excluding carboxylic acids is 3. The number of alkyl halides is 3. The molecule has 0 aromatic heterocycles. The van der Waals surface area contributed by atoms with E-state index in [4.69, 9.17) is 9.47 Å². The highest BCUT2D eigenvalue weighted by atomic mass is 32.2. The average Bonchev–Trinajstić information content (AvgIpc) is 2.72. The minimum atomic E-state index is -4.53. The first-order valence-corrected chi connectivity index (χ1v) is 10.2. The number of hydrogen-bond acceptors (Lipinski definition) is 6. The van der Waals surface area contributed by atoms with E-state index in [0.717, 1.165) is 23.9 Å². The summed E-state index contributed by atoms with van der Waals surface area (Å²) in [5.74, 6) is -1.17. The summed E-state index contributed by atoms with van der Waals surface area (Å²) in [5.41, 5.74) is -0.492. The molecule has 1 aliphatic heterocycles. The molecule has 0 saturated heterocycles. The van der Waals surface area contributed by atoms with E-state index in [1.165, 1.54) is 6.07 Å². The Hall–Kier alpha value is -3.01. The zero-order chi connectivity index (χ0) is 22.6. The van der Waals surface area contributed by atoms with Crippen LogP contribution in [0.15, 0.2) is 47.4 Å². The molecule has 1 heterocycles. The third-order valence-electron chi connectivity index (χ3n) is 4.33. The van der Waals surface area contributed by atoms with Crippen molar-refractivity contribution in [1.82, 2.24) is 0 Å². The van der Waals surface area contributed by atoms with Crippen LogP contribution in [0.4, 0.5) is 18.9 Å². The molecule has 0 fully saturated rings. The lowest BCUT2D eigenvalue weighted by molar-refractivity contribution is -0.143. The van der Waals surface area contributed by atoms with Gasteiger partial charge in [0.15, 0.2) is 12.4 Å². The van der Waals surface area contributed by atoms with Gasteiger partial charge in [-0.1, -0.05) is 0 Å². The Morgan fingerprint density at radius 1 is 1.13 bits per heavy atom. The van der Waals surface area contributed by atoms with Crippen LogP contribution in [-0.4, -0.2) is 36.1 Å². The summed E-state index contributed by atoms with van der Waals surface area (Å²) in [6.45, 7) is 1.84. The van der Waals surface area contributed by atoms with Gasteiger partial charge in [-0.25, -0.2) is 0 Å². The summed E-state index contributed by atoms with van der Waals surface area (Å²) in [6.07, 6.45) is -4.85. The molecule has 2 aromatic rings. The Balaban J connectivity index is 1.55. The minimum absolute atomic E-state index is 0.0418. The van der Waals surface area contributed by atoms with Gasteiger partial charge in [-0.05, 0) is 49.4 Å². The van der Waals surface area contributed by atoms with E-state index in [1.807, 2.05) is 6.92 Å². The van der Waals surface area contributed by atoms with Gasteiger partial charge in [0, 0.05) is 10.5 Å². The Bertz CT molecular complexity index is 991. The van der Waals surface area contributed by atoms with Crippen LogP contribution in [0, 0.1) is 0 Å². The quantitative estimate of drug-likeness (QED) is 0.496. The summed E-state index contributed by atoms with van der Waals surface area (Å²) in [6, 6.07) is 9.37. The van der Waals surface area contributed by atoms with Gasteiger partial charge in [-0.15, -0.1) is 11.8 Å². The molecule has 1 amide bonds. The summed E-state index contributed by atoms with van der Waals surface area (Å²) in [5, 5.41) is 1.51. The predicted molar refractivity (Wildman–Crippen MR) is 107 cm³/mol. The number of rotatable bonds is 7. The molecule has 1 aliphatic rings. The summed E-state index contributed by atoms with van der Waals surface area (Å²) in [4.78, 5) is 36.9. The maximum atomic E-state index is 12.8. The number of hydrogen-bond donors (Lipinski definition) is 1. The van der Waals surface area contributed by atoms with Crippen molar-refractivity contribution in [1.29, 1.82) is 0 Å². The van der Waals surface area contributed by atoms with E-state index in [2.05, 4.69) is 5.32 Å². The predicted octanol–water partition coefficient (Wildman–Crippen LogP) is 4.33. The molecule has 6 nitrogen and oxygen atoms in total. The van der Waals surface area contributed by atoms with Crippen molar-refractivity contribution in [2.24, 2.45) is 0 Å². The number of nitrogens with one attached hydrogen (secondary N) is 1. The number of halogens is 3. The highest BCUT2D eigenvalue weighted by Gasteiger charge is 2.34. The molecular weight excluding hydrogens is 435 g/mol. The van der Waals surface area contributed by atoms with Crippen molar-refractivity contribution in [3.8, 4) is 5.75 Å². The fourth-order valence-corrected chi connectivity index (χ4v) is 3.88. The number of benzene rings is 2. The van der Waals surface area contributed by atoms with E-state index in [-0.39, 0.29) is 12.1 Å². The van der Waals surface area contributed by atoms with Gasteiger partial charge in [0.2, 0.25) is 5.91 Å². The number of ketones is 1. The van der Waals surface area contributed by atoms with Crippen LogP contribution >= 0.6 is 11.8 Å². The molecule has 0 saturated carbocycles. The molecule has 2 aromatic carbocycles. The van der Waals surface area contributed by atoms with Crippen LogP contribution in [-0.2, 0) is 20.5 Å². The molecule has 164 valence electrons. The Morgan fingerprint density at radius 2 is 1.84 bits per heavy atom. The van der Waals surface area contributed by atoms with Gasteiger partial charge in [0.25, 0.3) is 0 Å².